The first-order valence-electron chi connectivity index (χ1n) is 8.27. The average molecular weight is 256 g/mol. The lowest BCUT2D eigenvalue weighted by atomic mass is 9.32. The Labute approximate surface area is 115 Å². The van der Waals surface area contributed by atoms with Crippen molar-refractivity contribution >= 4 is 5.78 Å². The SMILES string of the molecule is CC1(C)[C@H]2CC(=O)C3(C[C@@H]4C=C[C@H]3[C@H]3CC[C@H]34)[C@@H]1C2. The second-order valence-electron chi connectivity index (χ2n) is 8.66. The Morgan fingerprint density at radius 3 is 2.58 bits per heavy atom. The predicted octanol–water partition coefficient (Wildman–Crippen LogP) is 3.84. The van der Waals surface area contributed by atoms with E-state index in [4.69, 9.17) is 0 Å². The normalized spacial score (nSPS) is 59.6. The number of carbonyl (C=O) groups is 1. The highest BCUT2D eigenvalue weighted by molar-refractivity contribution is 5.89. The van der Waals surface area contributed by atoms with Crippen LogP contribution in [0.4, 0.5) is 0 Å². The van der Waals surface area contributed by atoms with Crippen molar-refractivity contribution in [2.75, 3.05) is 0 Å². The maximum Gasteiger partial charge on any atom is 0.140 e. The first-order chi connectivity index (χ1) is 9.05. The third kappa shape index (κ3) is 0.997. The van der Waals surface area contributed by atoms with Crippen LogP contribution in [0.15, 0.2) is 12.2 Å². The molecular weight excluding hydrogens is 232 g/mol. The van der Waals surface area contributed by atoms with Crippen molar-refractivity contribution in [2.24, 2.45) is 46.3 Å². The highest BCUT2D eigenvalue weighted by atomic mass is 16.1. The van der Waals surface area contributed by atoms with Gasteiger partial charge in [-0.05, 0) is 66.6 Å². The van der Waals surface area contributed by atoms with Crippen molar-refractivity contribution in [1.29, 1.82) is 0 Å². The number of hydrogen-bond acceptors (Lipinski definition) is 1. The van der Waals surface area contributed by atoms with Crippen LogP contribution in [0.2, 0.25) is 0 Å². The Hall–Kier alpha value is -0.590. The minimum atomic E-state index is 0.0687. The summed E-state index contributed by atoms with van der Waals surface area (Å²) in [6, 6.07) is 0. The van der Waals surface area contributed by atoms with Crippen molar-refractivity contribution in [3.05, 3.63) is 12.2 Å². The van der Waals surface area contributed by atoms with Crippen LogP contribution >= 0.6 is 0 Å². The Bertz CT molecular complexity index is 502. The molecule has 0 amide bonds. The van der Waals surface area contributed by atoms with Gasteiger partial charge in [0.15, 0.2) is 0 Å². The molecule has 0 N–H and O–H groups in total. The zero-order valence-electron chi connectivity index (χ0n) is 12.1. The van der Waals surface area contributed by atoms with Gasteiger partial charge in [-0.2, -0.15) is 0 Å². The molecule has 0 saturated heterocycles. The monoisotopic (exact) mass is 256 g/mol. The second-order valence-corrected chi connectivity index (χ2v) is 8.66. The molecule has 0 heterocycles. The van der Waals surface area contributed by atoms with Gasteiger partial charge >= 0.3 is 0 Å². The quantitative estimate of drug-likeness (QED) is 0.602. The molecule has 102 valence electrons. The van der Waals surface area contributed by atoms with Gasteiger partial charge in [0.1, 0.15) is 5.78 Å². The Balaban J connectivity index is 1.64. The molecule has 1 heteroatoms. The van der Waals surface area contributed by atoms with E-state index in [-0.39, 0.29) is 5.41 Å². The lowest BCUT2D eigenvalue weighted by molar-refractivity contribution is -0.213. The van der Waals surface area contributed by atoms with Crippen LogP contribution < -0.4 is 0 Å². The maximum atomic E-state index is 12.9. The molecule has 0 aromatic carbocycles. The molecule has 1 unspecified atom stereocenters. The van der Waals surface area contributed by atoms with E-state index in [9.17, 15) is 4.79 Å². The van der Waals surface area contributed by atoms with Crippen LogP contribution in [0.3, 0.4) is 0 Å². The average Bonchev–Trinajstić information content (AvgIpc) is 2.32. The van der Waals surface area contributed by atoms with Gasteiger partial charge in [-0.1, -0.05) is 26.0 Å². The minimum absolute atomic E-state index is 0.0687. The molecule has 0 aliphatic heterocycles. The van der Waals surface area contributed by atoms with E-state index >= 15 is 0 Å². The van der Waals surface area contributed by atoms with Crippen LogP contribution in [0.25, 0.3) is 0 Å². The Morgan fingerprint density at radius 2 is 1.95 bits per heavy atom. The zero-order valence-corrected chi connectivity index (χ0v) is 12.1. The van der Waals surface area contributed by atoms with E-state index in [1.165, 1.54) is 25.7 Å². The standard InChI is InChI=1S/C18H24O/c1-17(2)11-7-15(17)18(16(19)8-11)9-10-3-6-14(18)13-5-4-12(10)13/h3,6,10-15H,4-5,7-9H2,1-2H3/t10-,11+,12-,13-,14-,15+,18?/m0/s1. The van der Waals surface area contributed by atoms with Gasteiger partial charge in [0.2, 0.25) is 0 Å². The fraction of sp³-hybridized carbons (Fsp3) is 0.833. The number of carbonyl (C=O) groups excluding carboxylic acids is 1. The molecule has 7 aliphatic carbocycles. The summed E-state index contributed by atoms with van der Waals surface area (Å²) in [7, 11) is 0. The number of allylic oxidation sites excluding steroid dienone is 2. The zero-order chi connectivity index (χ0) is 13.0. The van der Waals surface area contributed by atoms with E-state index in [1.54, 1.807) is 0 Å². The van der Waals surface area contributed by atoms with Crippen LogP contribution in [0.5, 0.6) is 0 Å². The van der Waals surface area contributed by atoms with Crippen molar-refractivity contribution in [3.8, 4) is 0 Å². The molecule has 7 aliphatic rings. The van der Waals surface area contributed by atoms with Crippen molar-refractivity contribution in [2.45, 2.75) is 46.0 Å². The number of rotatable bonds is 0. The molecule has 5 saturated carbocycles. The number of ketones is 1. The topological polar surface area (TPSA) is 17.1 Å². The molecule has 19 heavy (non-hydrogen) atoms. The minimum Gasteiger partial charge on any atom is -0.299 e. The summed E-state index contributed by atoms with van der Waals surface area (Å²) in [5, 5.41) is 0. The van der Waals surface area contributed by atoms with Crippen LogP contribution in [0, 0.1) is 46.3 Å². The molecule has 7 atom stereocenters. The number of Topliss-reactive ketones (excluding diaryl/α,β-unsaturated/α-hetero) is 1. The van der Waals surface area contributed by atoms with E-state index in [0.29, 0.717) is 29.0 Å². The highest BCUT2D eigenvalue weighted by Crippen LogP contribution is 2.74. The third-order valence-electron chi connectivity index (χ3n) is 8.17. The van der Waals surface area contributed by atoms with Gasteiger partial charge in [-0.15, -0.1) is 0 Å². The molecule has 1 spiro atoms. The molecular formula is C18H24O. The van der Waals surface area contributed by atoms with Crippen molar-refractivity contribution in [1.82, 2.24) is 0 Å². The number of fused-ring (bicyclic) bond motifs is 1. The van der Waals surface area contributed by atoms with Gasteiger partial charge in [-0.25, -0.2) is 0 Å². The van der Waals surface area contributed by atoms with E-state index in [1.807, 2.05) is 0 Å². The predicted molar refractivity (Wildman–Crippen MR) is 74.4 cm³/mol. The first-order valence-corrected chi connectivity index (χ1v) is 8.27. The summed E-state index contributed by atoms with van der Waals surface area (Å²) in [5.41, 5.74) is 0.498. The van der Waals surface area contributed by atoms with Crippen LogP contribution in [-0.4, -0.2) is 5.78 Å². The largest absolute Gasteiger partial charge is 0.299 e. The third-order valence-corrected chi connectivity index (χ3v) is 8.17. The summed E-state index contributed by atoms with van der Waals surface area (Å²) in [6.45, 7) is 4.87. The van der Waals surface area contributed by atoms with Gasteiger partial charge in [-0.3, -0.25) is 4.79 Å². The number of hydrogen-bond donors (Lipinski definition) is 0. The van der Waals surface area contributed by atoms with Gasteiger partial charge in [0.05, 0.1) is 0 Å². The summed E-state index contributed by atoms with van der Waals surface area (Å²) in [5.74, 6) is 5.17. The molecule has 0 aromatic rings. The Morgan fingerprint density at radius 1 is 1.16 bits per heavy atom. The van der Waals surface area contributed by atoms with Crippen LogP contribution in [0.1, 0.15) is 46.0 Å². The summed E-state index contributed by atoms with van der Waals surface area (Å²) in [4.78, 5) is 12.9. The first kappa shape index (κ1) is 11.1. The fourth-order valence-corrected chi connectivity index (χ4v) is 6.90. The molecule has 0 aromatic heterocycles. The van der Waals surface area contributed by atoms with E-state index in [2.05, 4.69) is 26.0 Å². The van der Waals surface area contributed by atoms with Crippen molar-refractivity contribution < 1.29 is 4.79 Å². The van der Waals surface area contributed by atoms with Crippen LogP contribution in [-0.2, 0) is 4.79 Å². The second kappa shape index (κ2) is 3.02. The lowest BCUT2D eigenvalue weighted by Gasteiger charge is -2.71. The van der Waals surface area contributed by atoms with Crippen molar-refractivity contribution in [3.63, 3.8) is 0 Å². The lowest BCUT2D eigenvalue weighted by Crippen LogP contribution is -2.69. The van der Waals surface area contributed by atoms with E-state index < -0.39 is 0 Å². The molecule has 4 bridgehead atoms. The van der Waals surface area contributed by atoms with E-state index in [0.717, 1.165) is 24.2 Å². The summed E-state index contributed by atoms with van der Waals surface area (Å²) >= 11 is 0. The smallest absolute Gasteiger partial charge is 0.140 e. The highest BCUT2D eigenvalue weighted by Gasteiger charge is 2.71. The van der Waals surface area contributed by atoms with Gasteiger partial charge in [0.25, 0.3) is 0 Å². The summed E-state index contributed by atoms with van der Waals surface area (Å²) < 4.78 is 0. The molecule has 7 rings (SSSR count). The van der Waals surface area contributed by atoms with Gasteiger partial charge < -0.3 is 0 Å². The maximum absolute atomic E-state index is 12.9. The molecule has 1 nitrogen and oxygen atoms in total. The molecule has 0 radical (unpaired) electrons. The molecule has 5 fully saturated rings. The Kier molecular flexibility index (Phi) is 1.77. The summed E-state index contributed by atoms with van der Waals surface area (Å²) in [6.07, 6.45) is 11.2. The van der Waals surface area contributed by atoms with Gasteiger partial charge in [0, 0.05) is 11.8 Å². The fourth-order valence-electron chi connectivity index (χ4n) is 6.90.